The van der Waals surface area contributed by atoms with Gasteiger partial charge in [0.15, 0.2) is 0 Å². The van der Waals surface area contributed by atoms with E-state index in [1.165, 1.54) is 25.7 Å². The molecule has 2 N–H and O–H groups in total. The monoisotopic (exact) mass is 240 g/mol. The fraction of sp³-hybridized carbons (Fsp3) is 0.867. The van der Waals surface area contributed by atoms with Crippen molar-refractivity contribution < 1.29 is 0 Å². The first-order valence-electron chi connectivity index (χ1n) is 7.01. The molecule has 0 aliphatic heterocycles. The highest BCUT2D eigenvalue weighted by Gasteiger charge is 2.19. The number of rotatable bonds is 9. The maximum absolute atomic E-state index is 5.63. The second-order valence-electron chi connectivity index (χ2n) is 5.90. The molecule has 0 aromatic heterocycles. The van der Waals surface area contributed by atoms with Crippen LogP contribution in [-0.2, 0) is 0 Å². The van der Waals surface area contributed by atoms with Gasteiger partial charge in [0.1, 0.15) is 0 Å². The van der Waals surface area contributed by atoms with E-state index in [2.05, 4.69) is 39.2 Å². The lowest BCUT2D eigenvalue weighted by molar-refractivity contribution is 0.148. The number of hydrogen-bond donors (Lipinski definition) is 1. The van der Waals surface area contributed by atoms with E-state index in [1.807, 2.05) is 6.08 Å². The molecule has 1 unspecified atom stereocenters. The summed E-state index contributed by atoms with van der Waals surface area (Å²) in [6.45, 7) is 15.9. The zero-order chi connectivity index (χ0) is 13.3. The average Bonchev–Trinajstić information content (AvgIpc) is 2.25. The van der Waals surface area contributed by atoms with Gasteiger partial charge >= 0.3 is 0 Å². The Kier molecular flexibility index (Phi) is 8.53. The van der Waals surface area contributed by atoms with E-state index < -0.39 is 0 Å². The molecule has 102 valence electrons. The van der Waals surface area contributed by atoms with Gasteiger partial charge in [0.05, 0.1) is 0 Å². The zero-order valence-electron chi connectivity index (χ0n) is 12.3. The molecule has 0 aromatic carbocycles. The van der Waals surface area contributed by atoms with Crippen LogP contribution in [0, 0.1) is 5.92 Å². The van der Waals surface area contributed by atoms with Gasteiger partial charge in [-0.05, 0) is 59.0 Å². The molecular weight excluding hydrogens is 208 g/mol. The third-order valence-corrected chi connectivity index (χ3v) is 3.49. The normalized spacial score (nSPS) is 14.0. The van der Waals surface area contributed by atoms with Crippen LogP contribution in [0.1, 0.15) is 53.4 Å². The van der Waals surface area contributed by atoms with Crippen LogP contribution in [0.5, 0.6) is 0 Å². The molecule has 2 nitrogen and oxygen atoms in total. The van der Waals surface area contributed by atoms with Crippen LogP contribution in [0.15, 0.2) is 12.7 Å². The van der Waals surface area contributed by atoms with E-state index >= 15 is 0 Å². The standard InChI is InChI=1S/C15H32N2/c1-6-12-17(15(3,4)5)13-8-9-14(7-2)10-11-16/h6,14H,1,7-13,16H2,2-5H3. The lowest BCUT2D eigenvalue weighted by Gasteiger charge is -2.35. The van der Waals surface area contributed by atoms with Crippen molar-refractivity contribution in [3.05, 3.63) is 12.7 Å². The van der Waals surface area contributed by atoms with Gasteiger partial charge in [-0.25, -0.2) is 0 Å². The first-order chi connectivity index (χ1) is 7.95. The Bertz CT molecular complexity index is 194. The highest BCUT2D eigenvalue weighted by Crippen LogP contribution is 2.18. The van der Waals surface area contributed by atoms with E-state index in [0.717, 1.165) is 25.6 Å². The Hall–Kier alpha value is -0.340. The summed E-state index contributed by atoms with van der Waals surface area (Å²) in [5.41, 5.74) is 5.87. The van der Waals surface area contributed by atoms with Gasteiger partial charge in [0, 0.05) is 12.1 Å². The second kappa shape index (κ2) is 8.71. The van der Waals surface area contributed by atoms with Gasteiger partial charge in [-0.3, -0.25) is 4.90 Å². The Morgan fingerprint density at radius 2 is 1.94 bits per heavy atom. The van der Waals surface area contributed by atoms with Gasteiger partial charge in [0.25, 0.3) is 0 Å². The lowest BCUT2D eigenvalue weighted by Crippen LogP contribution is -2.42. The largest absolute Gasteiger partial charge is 0.330 e. The number of nitrogens with zero attached hydrogens (tertiary/aromatic N) is 1. The quantitative estimate of drug-likeness (QED) is 0.626. The van der Waals surface area contributed by atoms with Gasteiger partial charge in [-0.2, -0.15) is 0 Å². The molecular formula is C15H32N2. The molecule has 0 fully saturated rings. The smallest absolute Gasteiger partial charge is 0.0165 e. The fourth-order valence-corrected chi connectivity index (χ4v) is 2.22. The summed E-state index contributed by atoms with van der Waals surface area (Å²) in [7, 11) is 0. The van der Waals surface area contributed by atoms with Crippen LogP contribution < -0.4 is 5.73 Å². The highest BCUT2D eigenvalue weighted by molar-refractivity contribution is 4.82. The summed E-state index contributed by atoms with van der Waals surface area (Å²) in [6, 6.07) is 0. The van der Waals surface area contributed by atoms with Crippen molar-refractivity contribution >= 4 is 0 Å². The maximum Gasteiger partial charge on any atom is 0.0165 e. The third kappa shape index (κ3) is 7.56. The minimum absolute atomic E-state index is 0.240. The first kappa shape index (κ1) is 16.7. The van der Waals surface area contributed by atoms with Crippen LogP contribution in [-0.4, -0.2) is 30.1 Å². The molecule has 0 bridgehead atoms. The molecule has 0 aliphatic carbocycles. The number of hydrogen-bond acceptors (Lipinski definition) is 2. The Balaban J connectivity index is 4.00. The van der Waals surface area contributed by atoms with Gasteiger partial charge in [0.2, 0.25) is 0 Å². The molecule has 0 rings (SSSR count). The summed E-state index contributed by atoms with van der Waals surface area (Å²) in [5, 5.41) is 0. The van der Waals surface area contributed by atoms with E-state index in [-0.39, 0.29) is 5.54 Å². The van der Waals surface area contributed by atoms with Crippen LogP contribution in [0.2, 0.25) is 0 Å². The minimum Gasteiger partial charge on any atom is -0.330 e. The van der Waals surface area contributed by atoms with E-state index in [1.54, 1.807) is 0 Å². The summed E-state index contributed by atoms with van der Waals surface area (Å²) >= 11 is 0. The molecule has 0 amide bonds. The molecule has 1 atom stereocenters. The van der Waals surface area contributed by atoms with Crippen molar-refractivity contribution in [3.63, 3.8) is 0 Å². The van der Waals surface area contributed by atoms with Crippen LogP contribution in [0.3, 0.4) is 0 Å². The molecule has 0 radical (unpaired) electrons. The van der Waals surface area contributed by atoms with Gasteiger partial charge in [-0.1, -0.05) is 19.4 Å². The summed E-state index contributed by atoms with van der Waals surface area (Å²) in [5.74, 6) is 0.811. The summed E-state index contributed by atoms with van der Waals surface area (Å²) in [4.78, 5) is 2.50. The zero-order valence-corrected chi connectivity index (χ0v) is 12.3. The Morgan fingerprint density at radius 3 is 2.35 bits per heavy atom. The SMILES string of the molecule is C=CCN(CCCC(CC)CCN)C(C)(C)C. The fourth-order valence-electron chi connectivity index (χ4n) is 2.22. The van der Waals surface area contributed by atoms with Gasteiger partial charge < -0.3 is 5.73 Å². The predicted octanol–water partition coefficient (Wildman–Crippen LogP) is 3.43. The minimum atomic E-state index is 0.240. The average molecular weight is 240 g/mol. The van der Waals surface area contributed by atoms with Crippen LogP contribution in [0.4, 0.5) is 0 Å². The van der Waals surface area contributed by atoms with Crippen molar-refractivity contribution in [2.45, 2.75) is 58.9 Å². The van der Waals surface area contributed by atoms with Crippen molar-refractivity contribution in [1.82, 2.24) is 4.90 Å². The number of nitrogens with two attached hydrogens (primary N) is 1. The van der Waals surface area contributed by atoms with E-state index in [4.69, 9.17) is 5.73 Å². The molecule has 17 heavy (non-hydrogen) atoms. The van der Waals surface area contributed by atoms with Crippen LogP contribution >= 0.6 is 0 Å². The lowest BCUT2D eigenvalue weighted by atomic mass is 9.96. The third-order valence-electron chi connectivity index (χ3n) is 3.49. The molecule has 0 spiro atoms. The molecule has 0 aromatic rings. The van der Waals surface area contributed by atoms with Crippen molar-refractivity contribution in [1.29, 1.82) is 0 Å². The second-order valence-corrected chi connectivity index (χ2v) is 5.90. The van der Waals surface area contributed by atoms with Gasteiger partial charge in [-0.15, -0.1) is 6.58 Å². The Morgan fingerprint density at radius 1 is 1.29 bits per heavy atom. The molecule has 0 saturated carbocycles. The molecule has 0 saturated heterocycles. The Labute approximate surface area is 108 Å². The van der Waals surface area contributed by atoms with E-state index in [9.17, 15) is 0 Å². The van der Waals surface area contributed by atoms with Crippen LogP contribution in [0.25, 0.3) is 0 Å². The van der Waals surface area contributed by atoms with Crippen molar-refractivity contribution in [2.24, 2.45) is 11.7 Å². The highest BCUT2D eigenvalue weighted by atomic mass is 15.2. The predicted molar refractivity (Wildman–Crippen MR) is 78.2 cm³/mol. The van der Waals surface area contributed by atoms with Crippen molar-refractivity contribution in [2.75, 3.05) is 19.6 Å². The van der Waals surface area contributed by atoms with E-state index in [0.29, 0.717) is 0 Å². The molecule has 0 aliphatic rings. The summed E-state index contributed by atoms with van der Waals surface area (Å²) in [6.07, 6.45) is 7.01. The summed E-state index contributed by atoms with van der Waals surface area (Å²) < 4.78 is 0. The van der Waals surface area contributed by atoms with Crippen molar-refractivity contribution in [3.8, 4) is 0 Å². The first-order valence-corrected chi connectivity index (χ1v) is 7.01. The molecule has 0 heterocycles. The maximum atomic E-state index is 5.63. The topological polar surface area (TPSA) is 29.3 Å². The molecule has 2 heteroatoms.